The lowest BCUT2D eigenvalue weighted by Crippen LogP contribution is -2.21. The molecule has 0 fully saturated rings. The number of esters is 1. The van der Waals surface area contributed by atoms with Crippen molar-refractivity contribution in [3.8, 4) is 11.5 Å². The van der Waals surface area contributed by atoms with E-state index in [1.54, 1.807) is 30.3 Å². The number of nitrogens with one attached hydrogen (secondary N) is 1. The molecule has 0 aliphatic rings. The van der Waals surface area contributed by atoms with Gasteiger partial charge in [0, 0.05) is 4.90 Å². The van der Waals surface area contributed by atoms with Crippen LogP contribution in [0.4, 0.5) is 5.69 Å². The van der Waals surface area contributed by atoms with E-state index in [-0.39, 0.29) is 6.61 Å². The number of thioether (sulfide) groups is 1. The summed E-state index contributed by atoms with van der Waals surface area (Å²) in [6.07, 6.45) is 1.93. The highest BCUT2D eigenvalue weighted by Gasteiger charge is 2.12. The maximum Gasteiger partial charge on any atom is 0.338 e. The van der Waals surface area contributed by atoms with Crippen LogP contribution in [0.1, 0.15) is 10.4 Å². The van der Waals surface area contributed by atoms with Gasteiger partial charge in [0.05, 0.1) is 11.3 Å². The van der Waals surface area contributed by atoms with Crippen molar-refractivity contribution in [2.45, 2.75) is 4.90 Å². The van der Waals surface area contributed by atoms with E-state index >= 15 is 0 Å². The standard InChI is InChI=1S/C22H19NO4S/c1-28-20-13-6-5-12-19(20)23-21(24)15-26-22(25)16-8-7-11-18(14-16)27-17-9-3-2-4-10-17/h2-14H,15H2,1H3,(H,23,24). The minimum Gasteiger partial charge on any atom is -0.457 e. The number of hydrogen-bond donors (Lipinski definition) is 1. The van der Waals surface area contributed by atoms with E-state index in [1.165, 1.54) is 11.8 Å². The molecule has 142 valence electrons. The van der Waals surface area contributed by atoms with E-state index in [1.807, 2.05) is 54.8 Å². The molecule has 0 spiro atoms. The van der Waals surface area contributed by atoms with Gasteiger partial charge in [-0.3, -0.25) is 4.79 Å². The molecule has 0 aliphatic carbocycles. The van der Waals surface area contributed by atoms with Crippen molar-refractivity contribution in [3.63, 3.8) is 0 Å². The number of anilines is 1. The normalized spacial score (nSPS) is 10.2. The Kier molecular flexibility index (Phi) is 6.70. The van der Waals surface area contributed by atoms with Gasteiger partial charge in [0.25, 0.3) is 5.91 Å². The monoisotopic (exact) mass is 393 g/mol. The number of carbonyl (C=O) groups is 2. The molecule has 0 saturated heterocycles. The maximum atomic E-state index is 12.3. The highest BCUT2D eigenvalue weighted by atomic mass is 32.2. The fourth-order valence-electron chi connectivity index (χ4n) is 2.46. The van der Waals surface area contributed by atoms with Crippen LogP contribution >= 0.6 is 11.8 Å². The first kappa shape index (κ1) is 19.5. The number of amides is 1. The average Bonchev–Trinajstić information content (AvgIpc) is 2.73. The number of para-hydroxylation sites is 2. The Bertz CT molecular complexity index is 960. The summed E-state index contributed by atoms with van der Waals surface area (Å²) in [5.41, 5.74) is 1.00. The molecule has 6 heteroatoms. The highest BCUT2D eigenvalue weighted by molar-refractivity contribution is 7.98. The van der Waals surface area contributed by atoms with Crippen LogP contribution in [-0.4, -0.2) is 24.7 Å². The van der Waals surface area contributed by atoms with Gasteiger partial charge in [-0.2, -0.15) is 0 Å². The topological polar surface area (TPSA) is 64.6 Å². The van der Waals surface area contributed by atoms with E-state index in [0.717, 1.165) is 4.90 Å². The molecule has 1 amide bonds. The van der Waals surface area contributed by atoms with Crippen LogP contribution in [0.15, 0.2) is 83.8 Å². The second-order valence-corrected chi connectivity index (χ2v) is 6.62. The molecule has 3 rings (SSSR count). The summed E-state index contributed by atoms with van der Waals surface area (Å²) in [5.74, 6) is 0.192. The fraction of sp³-hybridized carbons (Fsp3) is 0.0909. The number of carbonyl (C=O) groups excluding carboxylic acids is 2. The lowest BCUT2D eigenvalue weighted by Gasteiger charge is -2.10. The minimum absolute atomic E-state index is 0.311. The molecule has 0 aromatic heterocycles. The zero-order valence-corrected chi connectivity index (χ0v) is 16.1. The molecule has 28 heavy (non-hydrogen) atoms. The van der Waals surface area contributed by atoms with Crippen LogP contribution in [0.2, 0.25) is 0 Å². The summed E-state index contributed by atoms with van der Waals surface area (Å²) >= 11 is 1.52. The Morgan fingerprint density at radius 1 is 0.893 bits per heavy atom. The summed E-state index contributed by atoms with van der Waals surface area (Å²) in [7, 11) is 0. The molecule has 0 heterocycles. The Hall–Kier alpha value is -3.25. The third kappa shape index (κ3) is 5.37. The van der Waals surface area contributed by atoms with Crippen molar-refractivity contribution >= 4 is 29.3 Å². The van der Waals surface area contributed by atoms with Gasteiger partial charge in [-0.15, -0.1) is 11.8 Å². The number of benzene rings is 3. The molecular weight excluding hydrogens is 374 g/mol. The number of rotatable bonds is 7. The first-order chi connectivity index (χ1) is 13.7. The summed E-state index contributed by atoms with van der Waals surface area (Å²) in [6.45, 7) is -0.370. The lowest BCUT2D eigenvalue weighted by atomic mass is 10.2. The van der Waals surface area contributed by atoms with Crippen molar-refractivity contribution in [1.29, 1.82) is 0 Å². The quantitative estimate of drug-likeness (QED) is 0.452. The molecular formula is C22H19NO4S. The molecule has 1 N–H and O–H groups in total. The van der Waals surface area contributed by atoms with Crippen LogP contribution in [0.25, 0.3) is 0 Å². The zero-order valence-electron chi connectivity index (χ0n) is 15.3. The summed E-state index contributed by atoms with van der Waals surface area (Å²) in [5, 5.41) is 2.75. The van der Waals surface area contributed by atoms with Crippen molar-refractivity contribution < 1.29 is 19.1 Å². The van der Waals surface area contributed by atoms with Gasteiger partial charge in [-0.05, 0) is 48.7 Å². The Morgan fingerprint density at radius 2 is 1.61 bits per heavy atom. The van der Waals surface area contributed by atoms with Crippen LogP contribution in [0.5, 0.6) is 11.5 Å². The number of ether oxygens (including phenoxy) is 2. The summed E-state index contributed by atoms with van der Waals surface area (Å²) < 4.78 is 10.8. The molecule has 3 aromatic carbocycles. The largest absolute Gasteiger partial charge is 0.457 e. The minimum atomic E-state index is -0.591. The Morgan fingerprint density at radius 3 is 2.39 bits per heavy atom. The van der Waals surface area contributed by atoms with Crippen molar-refractivity contribution in [3.05, 3.63) is 84.4 Å². The molecule has 0 saturated carbocycles. The van der Waals surface area contributed by atoms with Crippen LogP contribution in [0, 0.1) is 0 Å². The lowest BCUT2D eigenvalue weighted by molar-refractivity contribution is -0.119. The average molecular weight is 393 g/mol. The van der Waals surface area contributed by atoms with Gasteiger partial charge in [0.1, 0.15) is 11.5 Å². The second-order valence-electron chi connectivity index (χ2n) is 5.77. The van der Waals surface area contributed by atoms with E-state index in [9.17, 15) is 9.59 Å². The van der Waals surface area contributed by atoms with E-state index in [0.29, 0.717) is 22.7 Å². The molecule has 0 unspecified atom stereocenters. The summed E-state index contributed by atoms with van der Waals surface area (Å²) in [4.78, 5) is 25.3. The van der Waals surface area contributed by atoms with Crippen molar-refractivity contribution in [2.24, 2.45) is 0 Å². The molecule has 0 aliphatic heterocycles. The number of hydrogen-bond acceptors (Lipinski definition) is 5. The van der Waals surface area contributed by atoms with Gasteiger partial charge < -0.3 is 14.8 Å². The first-order valence-electron chi connectivity index (χ1n) is 8.58. The van der Waals surface area contributed by atoms with Gasteiger partial charge >= 0.3 is 5.97 Å². The van der Waals surface area contributed by atoms with Crippen LogP contribution in [0.3, 0.4) is 0 Å². The molecule has 5 nitrogen and oxygen atoms in total. The predicted molar refractivity (Wildman–Crippen MR) is 110 cm³/mol. The van der Waals surface area contributed by atoms with Gasteiger partial charge in [-0.25, -0.2) is 4.79 Å². The third-order valence-corrected chi connectivity index (χ3v) is 4.56. The third-order valence-electron chi connectivity index (χ3n) is 3.76. The van der Waals surface area contributed by atoms with Crippen molar-refractivity contribution in [2.75, 3.05) is 18.2 Å². The smallest absolute Gasteiger partial charge is 0.338 e. The molecule has 0 radical (unpaired) electrons. The SMILES string of the molecule is CSc1ccccc1NC(=O)COC(=O)c1cccc(Oc2ccccc2)c1. The zero-order chi connectivity index (χ0) is 19.8. The molecule has 0 atom stereocenters. The van der Waals surface area contributed by atoms with Gasteiger partial charge in [0.15, 0.2) is 6.61 Å². The van der Waals surface area contributed by atoms with E-state index in [4.69, 9.17) is 9.47 Å². The van der Waals surface area contributed by atoms with E-state index < -0.39 is 11.9 Å². The first-order valence-corrected chi connectivity index (χ1v) is 9.81. The van der Waals surface area contributed by atoms with E-state index in [2.05, 4.69) is 5.32 Å². The Labute approximate surface area is 167 Å². The summed E-state index contributed by atoms with van der Waals surface area (Å²) in [6, 6.07) is 23.3. The maximum absolute atomic E-state index is 12.3. The van der Waals surface area contributed by atoms with Gasteiger partial charge in [-0.1, -0.05) is 36.4 Å². The van der Waals surface area contributed by atoms with Crippen molar-refractivity contribution in [1.82, 2.24) is 0 Å². The second kappa shape index (κ2) is 9.62. The highest BCUT2D eigenvalue weighted by Crippen LogP contribution is 2.25. The molecule has 3 aromatic rings. The molecule has 0 bridgehead atoms. The van der Waals surface area contributed by atoms with Gasteiger partial charge in [0.2, 0.25) is 0 Å². The predicted octanol–water partition coefficient (Wildman–Crippen LogP) is 5.00. The fourth-order valence-corrected chi connectivity index (χ4v) is 3.01. The van der Waals surface area contributed by atoms with Crippen LogP contribution in [-0.2, 0) is 9.53 Å². The van der Waals surface area contributed by atoms with Crippen LogP contribution < -0.4 is 10.1 Å². The Balaban J connectivity index is 1.57.